The number of carbonyl (C=O) groups excluding carboxylic acids is 1. The molecule has 6 fully saturated rings. The van der Waals surface area contributed by atoms with Gasteiger partial charge in [-0.25, -0.2) is 13.9 Å². The van der Waals surface area contributed by atoms with Gasteiger partial charge in [-0.3, -0.25) is 13.9 Å². The normalized spacial score (nSPS) is 37.7. The molecule has 3 aromatic rings. The Kier molecular flexibility index (Phi) is 4.39. The maximum Gasteiger partial charge on any atom is 0.334 e. The van der Waals surface area contributed by atoms with Crippen molar-refractivity contribution < 1.29 is 13.9 Å². The van der Waals surface area contributed by atoms with E-state index >= 15 is 0 Å². The van der Waals surface area contributed by atoms with Crippen LogP contribution in [0.3, 0.4) is 0 Å². The number of nitrogens with one attached hydrogen (secondary N) is 1. The molecule has 0 spiro atoms. The molecule has 3 heterocycles. The third kappa shape index (κ3) is 2.27. The molecular weight excluding hydrogens is 523 g/mol. The molecule has 6 saturated carbocycles. The average Bonchev–Trinajstić information content (AvgIpc) is 3.52. The number of aromatic nitrogens is 4. The first kappa shape index (κ1) is 24.4. The highest BCUT2D eigenvalue weighted by atomic mass is 19.1. The number of ether oxygens (including phenoxy) is 1. The lowest BCUT2D eigenvalue weighted by Gasteiger charge is -3.11. The molecule has 10 heteroatoms. The highest BCUT2D eigenvalue weighted by Gasteiger charge is 3.12. The van der Waals surface area contributed by atoms with Crippen molar-refractivity contribution in [3.8, 4) is 11.5 Å². The summed E-state index contributed by atoms with van der Waals surface area (Å²) in [5, 5.41) is 8.52. The molecule has 6 aliphatic carbocycles. The molecule has 41 heavy (non-hydrogen) atoms. The Labute approximate surface area is 237 Å². The summed E-state index contributed by atoms with van der Waals surface area (Å²) < 4.78 is 25.5. The van der Waals surface area contributed by atoms with Crippen LogP contribution in [0.2, 0.25) is 0 Å². The van der Waals surface area contributed by atoms with Crippen LogP contribution in [0.1, 0.15) is 42.3 Å². The number of imidazole rings is 1. The highest BCUT2D eigenvalue weighted by molar-refractivity contribution is 5.78. The molecule has 9 nitrogen and oxygen atoms in total. The fourth-order valence-corrected chi connectivity index (χ4v) is 11.1. The molecule has 7 aliphatic rings. The van der Waals surface area contributed by atoms with E-state index in [0.29, 0.717) is 59.8 Å². The van der Waals surface area contributed by atoms with Crippen molar-refractivity contribution in [3.05, 3.63) is 63.2 Å². The highest BCUT2D eigenvalue weighted by Crippen LogP contribution is 3.06. The summed E-state index contributed by atoms with van der Waals surface area (Å²) >= 11 is 0. The van der Waals surface area contributed by atoms with Crippen LogP contribution in [-0.4, -0.2) is 62.1 Å². The molecule has 10 rings (SSSR count). The van der Waals surface area contributed by atoms with E-state index in [2.05, 4.69) is 17.1 Å². The van der Waals surface area contributed by atoms with Gasteiger partial charge in [-0.15, -0.1) is 0 Å². The molecule has 214 valence electrons. The van der Waals surface area contributed by atoms with Crippen LogP contribution in [-0.2, 0) is 21.5 Å². The van der Waals surface area contributed by atoms with E-state index in [1.54, 1.807) is 32.4 Å². The zero-order chi connectivity index (χ0) is 28.3. The van der Waals surface area contributed by atoms with Gasteiger partial charge in [0.25, 0.3) is 0 Å². The lowest BCUT2D eigenvalue weighted by molar-refractivity contribution is -0.629. The summed E-state index contributed by atoms with van der Waals surface area (Å²) in [5.41, 5.74) is 3.78. The molecule has 2 aromatic heterocycles. The first-order chi connectivity index (χ1) is 19.7. The molecule has 1 amide bonds. The third-order valence-corrected chi connectivity index (χ3v) is 12.2. The number of hydrogen-bond acceptors (Lipinski definition) is 5. The number of aryl methyl sites for hydroxylation is 2. The Morgan fingerprint density at radius 3 is 2.41 bits per heavy atom. The fourth-order valence-electron chi connectivity index (χ4n) is 11.1. The third-order valence-electron chi connectivity index (χ3n) is 12.2. The first-order valence-electron chi connectivity index (χ1n) is 14.9. The van der Waals surface area contributed by atoms with Crippen molar-refractivity contribution in [2.45, 2.75) is 51.2 Å². The van der Waals surface area contributed by atoms with Gasteiger partial charge in [0, 0.05) is 57.5 Å². The summed E-state index contributed by atoms with van der Waals surface area (Å²) in [7, 11) is 1.68. The van der Waals surface area contributed by atoms with Crippen molar-refractivity contribution in [3.63, 3.8) is 0 Å². The summed E-state index contributed by atoms with van der Waals surface area (Å²) in [5.74, 6) is 3.61. The van der Waals surface area contributed by atoms with E-state index < -0.39 is 0 Å². The summed E-state index contributed by atoms with van der Waals surface area (Å²) in [6.07, 6.45) is 4.65. The molecule has 1 atom stereocenters. The summed E-state index contributed by atoms with van der Waals surface area (Å²) in [6, 6.07) is 3.66. The number of methoxy groups -OCH3 is 1. The average molecular weight is 559 g/mol. The number of benzene rings is 1. The first-order valence-corrected chi connectivity index (χ1v) is 14.9. The van der Waals surface area contributed by atoms with Crippen molar-refractivity contribution >= 4 is 5.91 Å². The number of hydrogen-bond donors (Lipinski definition) is 1. The second-order valence-electron chi connectivity index (χ2n) is 13.3. The molecule has 0 saturated heterocycles. The summed E-state index contributed by atoms with van der Waals surface area (Å²) in [4.78, 5) is 29.1. The minimum Gasteiger partial charge on any atom is -0.383 e. The van der Waals surface area contributed by atoms with E-state index in [9.17, 15) is 14.0 Å². The van der Waals surface area contributed by atoms with Crippen LogP contribution < -0.4 is 11.0 Å². The van der Waals surface area contributed by atoms with E-state index in [1.807, 2.05) is 33.8 Å². The molecule has 1 aromatic carbocycles. The summed E-state index contributed by atoms with van der Waals surface area (Å²) in [6.45, 7) is 9.35. The zero-order valence-corrected chi connectivity index (χ0v) is 24.0. The van der Waals surface area contributed by atoms with Gasteiger partial charge in [0.15, 0.2) is 0 Å². The maximum atomic E-state index is 14.6. The lowest BCUT2D eigenvalue weighted by atomic mass is 8.95. The molecule has 1 aliphatic heterocycles. The Hall–Kier alpha value is -3.24. The quantitative estimate of drug-likeness (QED) is 0.482. The van der Waals surface area contributed by atoms with Crippen molar-refractivity contribution in [2.75, 3.05) is 26.8 Å². The van der Waals surface area contributed by atoms with Gasteiger partial charge in [-0.05, 0) is 79.5 Å². The topological polar surface area (TPSA) is 86.3 Å². The molecular formula is C31H35FN6O3. The number of rotatable bonds is 7. The monoisotopic (exact) mass is 558 g/mol. The number of carbonyl (C=O) groups is 1. The number of fused-ring (bicyclic) bond motifs is 1. The maximum absolute atomic E-state index is 14.6. The SMILES string of the molecule is COCCN(C(C)=O)C12C3C4C1C1C2C3C41n1ccn(-c2c3c(nn2-c2cc(C)c(F)c(C)c2)CCN[C@H]3C)c1=O. The number of nitrogens with zero attached hydrogens (tertiary/aromatic N) is 5. The van der Waals surface area contributed by atoms with Gasteiger partial charge in [0.1, 0.15) is 11.6 Å². The van der Waals surface area contributed by atoms with Gasteiger partial charge in [-0.1, -0.05) is 0 Å². The smallest absolute Gasteiger partial charge is 0.334 e. The Bertz CT molecular complexity index is 1670. The van der Waals surface area contributed by atoms with Gasteiger partial charge in [0.05, 0.1) is 29.1 Å². The molecule has 1 N–H and O–H groups in total. The van der Waals surface area contributed by atoms with Gasteiger partial charge in [-0.2, -0.15) is 5.10 Å². The second kappa shape index (κ2) is 7.39. The van der Waals surface area contributed by atoms with Crippen molar-refractivity contribution in [1.29, 1.82) is 0 Å². The lowest BCUT2D eigenvalue weighted by Crippen LogP contribution is -3.17. The van der Waals surface area contributed by atoms with E-state index in [4.69, 9.17) is 9.84 Å². The van der Waals surface area contributed by atoms with Crippen LogP contribution in [0.4, 0.5) is 4.39 Å². The predicted octanol–water partition coefficient (Wildman–Crippen LogP) is 2.48. The van der Waals surface area contributed by atoms with Crippen LogP contribution in [0, 0.1) is 55.2 Å². The number of amides is 1. The minimum atomic E-state index is -0.214. The van der Waals surface area contributed by atoms with Gasteiger partial charge < -0.3 is 15.0 Å². The molecule has 0 bridgehead atoms. The fraction of sp³-hybridized carbons (Fsp3) is 0.581. The minimum absolute atomic E-state index is 0.0232. The second-order valence-corrected chi connectivity index (χ2v) is 13.3. The van der Waals surface area contributed by atoms with E-state index in [-0.39, 0.29) is 34.5 Å². The van der Waals surface area contributed by atoms with Crippen LogP contribution in [0.15, 0.2) is 29.3 Å². The van der Waals surface area contributed by atoms with Crippen LogP contribution in [0.25, 0.3) is 11.5 Å². The van der Waals surface area contributed by atoms with E-state index in [0.717, 1.165) is 35.7 Å². The standard InChI is InChI=1S/C31H35FN6O3/c1-14-12-18(13-15(2)27(14)32)38-28(20-16(3)33-7-6-19(20)34-38)35-8-9-37(29(35)40)31-24-21-25(31)23-26(31)22(24)30(21,23)36(17(4)39)10-11-41-5/h8-9,12-13,16,21-26,33H,6-7,10-11H2,1-5H3/t16-,21?,22?,23?,24?,25?,26?,30?,31?/m0/s1. The Morgan fingerprint density at radius 2 is 1.80 bits per heavy atom. The molecule has 0 unspecified atom stereocenters. The molecule has 0 radical (unpaired) electrons. The van der Waals surface area contributed by atoms with E-state index in [1.165, 1.54) is 0 Å². The van der Waals surface area contributed by atoms with Crippen LogP contribution in [0.5, 0.6) is 0 Å². The Balaban J connectivity index is 1.12. The van der Waals surface area contributed by atoms with Crippen molar-refractivity contribution in [2.24, 2.45) is 35.5 Å². The number of halogens is 1. The van der Waals surface area contributed by atoms with Gasteiger partial charge >= 0.3 is 5.69 Å². The largest absolute Gasteiger partial charge is 0.383 e. The van der Waals surface area contributed by atoms with Crippen molar-refractivity contribution in [1.82, 2.24) is 29.1 Å². The predicted molar refractivity (Wildman–Crippen MR) is 148 cm³/mol. The zero-order valence-electron chi connectivity index (χ0n) is 24.0. The Morgan fingerprint density at radius 1 is 1.15 bits per heavy atom. The van der Waals surface area contributed by atoms with Gasteiger partial charge in [0.2, 0.25) is 5.91 Å². The van der Waals surface area contributed by atoms with Crippen LogP contribution >= 0.6 is 0 Å².